The number of rotatable bonds is 2. The number of morpholine rings is 1. The molecule has 1 aliphatic rings. The summed E-state index contributed by atoms with van der Waals surface area (Å²) in [5.74, 6) is -0.335. The van der Waals surface area contributed by atoms with Gasteiger partial charge in [-0.1, -0.05) is 0 Å². The molecule has 1 aromatic carbocycles. The smallest absolute Gasteiger partial charge is 0.255 e. The Morgan fingerprint density at radius 2 is 2.30 bits per heavy atom. The van der Waals surface area contributed by atoms with Gasteiger partial charge >= 0.3 is 0 Å². The van der Waals surface area contributed by atoms with E-state index in [9.17, 15) is 9.18 Å². The topological polar surface area (TPSA) is 29.5 Å². The van der Waals surface area contributed by atoms with Crippen molar-refractivity contribution in [3.8, 4) is 0 Å². The molecular weight excluding hydrogens is 349 g/mol. The quantitative estimate of drug-likeness (QED) is 0.752. The van der Waals surface area contributed by atoms with Gasteiger partial charge in [-0.15, -0.1) is 11.6 Å². The van der Waals surface area contributed by atoms with Crippen LogP contribution in [0.5, 0.6) is 0 Å². The average molecular weight is 365 g/mol. The molecule has 0 radical (unpaired) electrons. The van der Waals surface area contributed by atoms with Gasteiger partial charge in [0, 0.05) is 17.6 Å². The van der Waals surface area contributed by atoms with E-state index in [1.807, 2.05) is 13.8 Å². The van der Waals surface area contributed by atoms with Crippen LogP contribution in [0.4, 0.5) is 4.39 Å². The lowest BCUT2D eigenvalue weighted by atomic mass is 10.0. The van der Waals surface area contributed by atoms with Crippen LogP contribution in [-0.2, 0) is 4.74 Å². The van der Waals surface area contributed by atoms with E-state index in [4.69, 9.17) is 16.3 Å². The van der Waals surface area contributed by atoms with E-state index in [0.29, 0.717) is 29.0 Å². The van der Waals surface area contributed by atoms with Crippen LogP contribution < -0.4 is 0 Å². The highest BCUT2D eigenvalue weighted by molar-refractivity contribution is 9.10. The highest BCUT2D eigenvalue weighted by Crippen LogP contribution is 2.26. The molecule has 1 saturated heterocycles. The minimum atomic E-state index is -0.465. The molecule has 110 valence electrons. The molecule has 0 aromatic heterocycles. The molecular formula is C14H16BrClFNO2. The van der Waals surface area contributed by atoms with E-state index < -0.39 is 11.4 Å². The maximum Gasteiger partial charge on any atom is 0.255 e. The zero-order chi connectivity index (χ0) is 14.9. The Labute approximate surface area is 131 Å². The Balaban J connectivity index is 2.25. The van der Waals surface area contributed by atoms with Crippen LogP contribution in [0.15, 0.2) is 22.7 Å². The lowest BCUT2D eigenvalue weighted by molar-refractivity contribution is -0.117. The number of carbonyl (C=O) groups is 1. The van der Waals surface area contributed by atoms with Gasteiger partial charge in [0.15, 0.2) is 0 Å². The molecule has 1 aliphatic heterocycles. The molecule has 1 aromatic rings. The van der Waals surface area contributed by atoms with Gasteiger partial charge in [-0.3, -0.25) is 4.79 Å². The number of nitrogens with zero attached hydrogens (tertiary/aromatic N) is 1. The van der Waals surface area contributed by atoms with Crippen molar-refractivity contribution in [1.82, 2.24) is 4.90 Å². The number of carbonyl (C=O) groups excluding carboxylic acids is 1. The number of hydrogen-bond donors (Lipinski definition) is 0. The Morgan fingerprint density at radius 1 is 1.60 bits per heavy atom. The fraction of sp³-hybridized carbons (Fsp3) is 0.500. The van der Waals surface area contributed by atoms with Crippen LogP contribution in [0.1, 0.15) is 24.2 Å². The monoisotopic (exact) mass is 363 g/mol. The van der Waals surface area contributed by atoms with Crippen molar-refractivity contribution in [2.24, 2.45) is 0 Å². The molecule has 2 rings (SSSR count). The highest BCUT2D eigenvalue weighted by Gasteiger charge is 2.36. The van der Waals surface area contributed by atoms with Crippen molar-refractivity contribution in [3.05, 3.63) is 34.1 Å². The molecule has 0 N–H and O–H groups in total. The molecule has 0 saturated carbocycles. The summed E-state index contributed by atoms with van der Waals surface area (Å²) in [5, 5.41) is 0. The van der Waals surface area contributed by atoms with Gasteiger partial charge in [0.25, 0.3) is 5.91 Å². The predicted octanol–water partition coefficient (Wildman–Crippen LogP) is 3.45. The first kappa shape index (κ1) is 15.7. The zero-order valence-corrected chi connectivity index (χ0v) is 13.7. The van der Waals surface area contributed by atoms with Gasteiger partial charge in [-0.05, 0) is 48.0 Å². The molecule has 0 spiro atoms. The van der Waals surface area contributed by atoms with E-state index >= 15 is 0 Å². The third kappa shape index (κ3) is 3.51. The largest absolute Gasteiger partial charge is 0.367 e. The first-order valence-corrected chi connectivity index (χ1v) is 7.63. The summed E-state index contributed by atoms with van der Waals surface area (Å²) in [4.78, 5) is 14.2. The number of halogens is 3. The second-order valence-corrected chi connectivity index (χ2v) is 6.63. The van der Waals surface area contributed by atoms with Crippen molar-refractivity contribution >= 4 is 33.4 Å². The summed E-state index contributed by atoms with van der Waals surface area (Å²) in [7, 11) is 0. The molecule has 0 bridgehead atoms. The summed E-state index contributed by atoms with van der Waals surface area (Å²) in [6.07, 6.45) is -0.211. The first-order valence-electron chi connectivity index (χ1n) is 6.30. The lowest BCUT2D eigenvalue weighted by Gasteiger charge is -2.42. The van der Waals surface area contributed by atoms with Crippen LogP contribution in [0, 0.1) is 5.82 Å². The van der Waals surface area contributed by atoms with Gasteiger partial charge in [0.05, 0.1) is 23.1 Å². The normalized spacial score (nSPS) is 21.9. The van der Waals surface area contributed by atoms with Crippen molar-refractivity contribution in [3.63, 3.8) is 0 Å². The highest BCUT2D eigenvalue weighted by atomic mass is 79.9. The van der Waals surface area contributed by atoms with E-state index in [-0.39, 0.29) is 12.0 Å². The number of hydrogen-bond acceptors (Lipinski definition) is 2. The van der Waals surface area contributed by atoms with Crippen molar-refractivity contribution in [2.45, 2.75) is 25.6 Å². The van der Waals surface area contributed by atoms with E-state index in [1.54, 1.807) is 4.90 Å². The molecule has 6 heteroatoms. The van der Waals surface area contributed by atoms with Crippen LogP contribution in [0.3, 0.4) is 0 Å². The van der Waals surface area contributed by atoms with Gasteiger partial charge in [0.2, 0.25) is 0 Å². The van der Waals surface area contributed by atoms with E-state index in [1.165, 1.54) is 18.2 Å². The Hall–Kier alpha value is -0.650. The Morgan fingerprint density at radius 3 is 2.95 bits per heavy atom. The Kier molecular flexibility index (Phi) is 4.72. The molecule has 1 atom stereocenters. The van der Waals surface area contributed by atoms with Crippen molar-refractivity contribution < 1.29 is 13.9 Å². The second kappa shape index (κ2) is 6.00. The van der Waals surface area contributed by atoms with Gasteiger partial charge in [-0.25, -0.2) is 4.39 Å². The third-order valence-corrected chi connectivity index (χ3v) is 4.14. The number of ether oxygens (including phenoxy) is 1. The number of amides is 1. The fourth-order valence-corrected chi connectivity index (χ4v) is 2.94. The molecule has 1 amide bonds. The minimum Gasteiger partial charge on any atom is -0.367 e. The van der Waals surface area contributed by atoms with E-state index in [2.05, 4.69) is 15.9 Å². The summed E-state index contributed by atoms with van der Waals surface area (Å²) in [6, 6.07) is 4.09. The number of benzene rings is 1. The van der Waals surface area contributed by atoms with Gasteiger partial charge in [-0.2, -0.15) is 0 Å². The second-order valence-electron chi connectivity index (χ2n) is 5.46. The third-order valence-electron chi connectivity index (χ3n) is 3.10. The van der Waals surface area contributed by atoms with Crippen LogP contribution >= 0.6 is 27.5 Å². The maximum absolute atomic E-state index is 13.3. The van der Waals surface area contributed by atoms with Crippen LogP contribution in [0.2, 0.25) is 0 Å². The molecule has 1 heterocycles. The van der Waals surface area contributed by atoms with E-state index in [0.717, 1.165) is 0 Å². The molecule has 20 heavy (non-hydrogen) atoms. The van der Waals surface area contributed by atoms with Crippen LogP contribution in [-0.4, -0.2) is 41.5 Å². The van der Waals surface area contributed by atoms with Gasteiger partial charge < -0.3 is 9.64 Å². The van der Waals surface area contributed by atoms with Crippen molar-refractivity contribution in [2.75, 3.05) is 19.0 Å². The van der Waals surface area contributed by atoms with Gasteiger partial charge in [0.1, 0.15) is 5.82 Å². The fourth-order valence-electron chi connectivity index (χ4n) is 2.36. The molecule has 1 fully saturated rings. The molecule has 0 aliphatic carbocycles. The number of alkyl halides is 1. The minimum absolute atomic E-state index is 0.211. The first-order chi connectivity index (χ1) is 9.32. The summed E-state index contributed by atoms with van der Waals surface area (Å²) in [5.41, 5.74) is -0.149. The van der Waals surface area contributed by atoms with Crippen LogP contribution in [0.25, 0.3) is 0 Å². The SMILES string of the molecule is CC1(C)CN(C(=O)c2cc(F)ccc2Br)CC(CCl)O1. The van der Waals surface area contributed by atoms with Crippen molar-refractivity contribution in [1.29, 1.82) is 0 Å². The standard InChI is InChI=1S/C14H16BrClFNO2/c1-14(2)8-18(7-10(6-16)20-14)13(19)11-5-9(17)3-4-12(11)15/h3-5,10H,6-8H2,1-2H3. The maximum atomic E-state index is 13.3. The average Bonchev–Trinajstić information content (AvgIpc) is 2.38. The summed E-state index contributed by atoms with van der Waals surface area (Å²) in [6.45, 7) is 4.68. The molecule has 1 unspecified atom stereocenters. The summed E-state index contributed by atoms with van der Waals surface area (Å²) < 4.78 is 19.7. The summed E-state index contributed by atoms with van der Waals surface area (Å²) >= 11 is 9.13. The Bertz CT molecular complexity index is 524. The zero-order valence-electron chi connectivity index (χ0n) is 11.3. The molecule has 3 nitrogen and oxygen atoms in total. The lowest BCUT2D eigenvalue weighted by Crippen LogP contribution is -2.55. The predicted molar refractivity (Wildman–Crippen MR) is 79.7 cm³/mol.